The molecular formula is C14H14N2O5. The van der Waals surface area contributed by atoms with Crippen LogP contribution in [0, 0.1) is 0 Å². The van der Waals surface area contributed by atoms with Gasteiger partial charge in [0.05, 0.1) is 19.9 Å². The van der Waals surface area contributed by atoms with E-state index in [4.69, 9.17) is 19.3 Å². The fourth-order valence-electron chi connectivity index (χ4n) is 1.66. The number of hydrogen-bond acceptors (Lipinski definition) is 6. The van der Waals surface area contributed by atoms with E-state index in [-0.39, 0.29) is 12.2 Å². The first-order chi connectivity index (χ1) is 10.1. The minimum Gasteiger partial charge on any atom is -0.496 e. The number of nitrogens with zero attached hydrogens (tertiary/aromatic N) is 2. The van der Waals surface area contributed by atoms with Crippen molar-refractivity contribution in [3.63, 3.8) is 0 Å². The summed E-state index contributed by atoms with van der Waals surface area (Å²) in [5.41, 5.74) is 0.298. The minimum atomic E-state index is -1.10. The number of carboxylic acid groups (broad SMARTS) is 1. The average Bonchev–Trinajstić information content (AvgIpc) is 2.52. The highest BCUT2D eigenvalue weighted by Gasteiger charge is 2.12. The molecule has 1 aromatic heterocycles. The second-order valence-corrected chi connectivity index (χ2v) is 4.03. The maximum Gasteiger partial charge on any atom is 0.339 e. The predicted molar refractivity (Wildman–Crippen MR) is 72.9 cm³/mol. The van der Waals surface area contributed by atoms with Gasteiger partial charge < -0.3 is 19.3 Å². The Morgan fingerprint density at radius 3 is 2.33 bits per heavy atom. The van der Waals surface area contributed by atoms with Crippen molar-refractivity contribution in [3.05, 3.63) is 42.0 Å². The van der Waals surface area contributed by atoms with Crippen LogP contribution in [0.25, 0.3) is 0 Å². The molecule has 0 amide bonds. The van der Waals surface area contributed by atoms with E-state index in [1.807, 2.05) is 0 Å². The van der Waals surface area contributed by atoms with Crippen LogP contribution in [0.1, 0.15) is 16.1 Å². The fraction of sp³-hybridized carbons (Fsp3) is 0.214. The molecule has 2 rings (SSSR count). The molecule has 0 spiro atoms. The highest BCUT2D eigenvalue weighted by molar-refractivity contribution is 5.88. The van der Waals surface area contributed by atoms with Crippen LogP contribution >= 0.6 is 0 Å². The molecule has 1 aromatic carbocycles. The molecule has 0 fully saturated rings. The second-order valence-electron chi connectivity index (χ2n) is 4.03. The lowest BCUT2D eigenvalue weighted by Gasteiger charge is -2.10. The number of hydrogen-bond donors (Lipinski definition) is 1. The van der Waals surface area contributed by atoms with Gasteiger partial charge in [-0.15, -0.1) is 0 Å². The molecule has 2 aromatic rings. The summed E-state index contributed by atoms with van der Waals surface area (Å²) in [6, 6.07) is 5.05. The van der Waals surface area contributed by atoms with Gasteiger partial charge in [0.15, 0.2) is 0 Å². The van der Waals surface area contributed by atoms with E-state index in [2.05, 4.69) is 9.97 Å². The Morgan fingerprint density at radius 1 is 1.14 bits per heavy atom. The van der Waals surface area contributed by atoms with Gasteiger partial charge in [0.2, 0.25) is 0 Å². The Hall–Kier alpha value is -2.83. The van der Waals surface area contributed by atoms with Gasteiger partial charge in [-0.25, -0.2) is 14.8 Å². The summed E-state index contributed by atoms with van der Waals surface area (Å²) >= 11 is 0. The molecule has 0 unspecified atom stereocenters. The van der Waals surface area contributed by atoms with Crippen LogP contribution in [0.15, 0.2) is 30.7 Å². The van der Waals surface area contributed by atoms with Crippen LogP contribution in [0.5, 0.6) is 17.2 Å². The van der Waals surface area contributed by atoms with Gasteiger partial charge in [0.25, 0.3) is 0 Å². The van der Waals surface area contributed by atoms with Crippen LogP contribution in [0.2, 0.25) is 0 Å². The lowest BCUT2D eigenvalue weighted by Crippen LogP contribution is -2.08. The number of methoxy groups -OCH3 is 2. The Morgan fingerprint density at radius 2 is 1.76 bits per heavy atom. The standard InChI is InChI=1S/C14H14N2O5/c1-19-9-3-10(20-2)5-11(4-9)21-7-13-12(14(17)18)6-15-8-16-13/h3-6,8H,7H2,1-2H3,(H,17,18). The van der Waals surface area contributed by atoms with Gasteiger partial charge >= 0.3 is 5.97 Å². The molecule has 0 saturated heterocycles. The van der Waals surface area contributed by atoms with Crippen molar-refractivity contribution >= 4 is 5.97 Å². The van der Waals surface area contributed by atoms with Gasteiger partial charge in [-0.1, -0.05) is 0 Å². The third-order valence-corrected chi connectivity index (χ3v) is 2.73. The molecule has 0 aliphatic heterocycles. The zero-order valence-electron chi connectivity index (χ0n) is 11.6. The molecule has 0 bridgehead atoms. The molecular weight excluding hydrogens is 276 g/mol. The third-order valence-electron chi connectivity index (χ3n) is 2.73. The molecule has 7 nitrogen and oxygen atoms in total. The first kappa shape index (κ1) is 14.6. The molecule has 7 heteroatoms. The van der Waals surface area contributed by atoms with Crippen LogP contribution in [0.4, 0.5) is 0 Å². The van der Waals surface area contributed by atoms with Crippen molar-refractivity contribution in [2.24, 2.45) is 0 Å². The quantitative estimate of drug-likeness (QED) is 0.866. The Bertz CT molecular complexity index is 623. The van der Waals surface area contributed by atoms with Crippen molar-refractivity contribution in [1.29, 1.82) is 0 Å². The molecule has 21 heavy (non-hydrogen) atoms. The Labute approximate surface area is 121 Å². The minimum absolute atomic E-state index is 0.000471. The molecule has 1 N–H and O–H groups in total. The summed E-state index contributed by atoms with van der Waals surface area (Å²) in [5, 5.41) is 9.05. The summed E-state index contributed by atoms with van der Waals surface area (Å²) in [7, 11) is 3.07. The summed E-state index contributed by atoms with van der Waals surface area (Å²) in [6.45, 7) is 0.000471. The third kappa shape index (κ3) is 3.59. The van der Waals surface area contributed by atoms with E-state index in [0.717, 1.165) is 0 Å². The molecule has 1 heterocycles. The fourth-order valence-corrected chi connectivity index (χ4v) is 1.66. The Balaban J connectivity index is 2.18. The number of benzene rings is 1. The van der Waals surface area contributed by atoms with Crippen molar-refractivity contribution in [2.45, 2.75) is 6.61 Å². The number of aromatic nitrogens is 2. The molecule has 0 atom stereocenters. The maximum absolute atomic E-state index is 11.1. The lowest BCUT2D eigenvalue weighted by atomic mass is 10.2. The molecule has 0 radical (unpaired) electrons. The van der Waals surface area contributed by atoms with Gasteiger partial charge in [-0.3, -0.25) is 0 Å². The summed E-state index contributed by atoms with van der Waals surface area (Å²) in [5.74, 6) is 0.537. The SMILES string of the molecule is COc1cc(OC)cc(OCc2ncncc2C(=O)O)c1. The predicted octanol–water partition coefficient (Wildman–Crippen LogP) is 1.77. The normalized spacial score (nSPS) is 10.0. The first-order valence-electron chi connectivity index (χ1n) is 6.02. The first-order valence-corrected chi connectivity index (χ1v) is 6.02. The number of ether oxygens (including phenoxy) is 3. The van der Waals surface area contributed by atoms with Crippen molar-refractivity contribution in [1.82, 2.24) is 9.97 Å². The van der Waals surface area contributed by atoms with Gasteiger partial charge in [-0.2, -0.15) is 0 Å². The summed E-state index contributed by atoms with van der Waals surface area (Å²) in [6.07, 6.45) is 2.51. The average molecular weight is 290 g/mol. The second kappa shape index (κ2) is 6.56. The maximum atomic E-state index is 11.1. The number of rotatable bonds is 6. The Kier molecular flexibility index (Phi) is 4.55. The number of aromatic carboxylic acids is 1. The van der Waals surface area contributed by atoms with E-state index >= 15 is 0 Å². The van der Waals surface area contributed by atoms with Crippen LogP contribution in [-0.4, -0.2) is 35.3 Å². The van der Waals surface area contributed by atoms with Crippen molar-refractivity contribution < 1.29 is 24.1 Å². The van der Waals surface area contributed by atoms with Crippen LogP contribution in [0.3, 0.4) is 0 Å². The number of carboxylic acids is 1. The lowest BCUT2D eigenvalue weighted by molar-refractivity contribution is 0.0692. The molecule has 0 saturated carbocycles. The molecule has 110 valence electrons. The summed E-state index contributed by atoms with van der Waals surface area (Å²) in [4.78, 5) is 18.7. The van der Waals surface area contributed by atoms with E-state index < -0.39 is 5.97 Å². The van der Waals surface area contributed by atoms with E-state index in [1.165, 1.54) is 26.7 Å². The number of carbonyl (C=O) groups is 1. The van der Waals surface area contributed by atoms with Gasteiger partial charge in [0, 0.05) is 24.4 Å². The van der Waals surface area contributed by atoms with E-state index in [0.29, 0.717) is 22.9 Å². The zero-order valence-corrected chi connectivity index (χ0v) is 11.6. The van der Waals surface area contributed by atoms with Crippen molar-refractivity contribution in [2.75, 3.05) is 14.2 Å². The van der Waals surface area contributed by atoms with Gasteiger partial charge in [-0.05, 0) is 0 Å². The van der Waals surface area contributed by atoms with Crippen LogP contribution < -0.4 is 14.2 Å². The highest BCUT2D eigenvalue weighted by atomic mass is 16.5. The van der Waals surface area contributed by atoms with Gasteiger partial charge in [0.1, 0.15) is 35.7 Å². The zero-order chi connectivity index (χ0) is 15.2. The summed E-state index contributed by atoms with van der Waals surface area (Å²) < 4.78 is 15.8. The van der Waals surface area contributed by atoms with Crippen molar-refractivity contribution in [3.8, 4) is 17.2 Å². The molecule has 0 aliphatic carbocycles. The van der Waals surface area contributed by atoms with E-state index in [1.54, 1.807) is 18.2 Å². The molecule has 0 aliphatic rings. The smallest absolute Gasteiger partial charge is 0.339 e. The highest BCUT2D eigenvalue weighted by Crippen LogP contribution is 2.27. The largest absolute Gasteiger partial charge is 0.496 e. The van der Waals surface area contributed by atoms with Crippen LogP contribution in [-0.2, 0) is 6.61 Å². The monoisotopic (exact) mass is 290 g/mol. The topological polar surface area (TPSA) is 90.8 Å². The van der Waals surface area contributed by atoms with E-state index in [9.17, 15) is 4.79 Å².